The summed E-state index contributed by atoms with van der Waals surface area (Å²) in [6, 6.07) is 14.8. The fraction of sp³-hybridized carbons (Fsp3) is 0.310. The quantitative estimate of drug-likeness (QED) is 0.246. The number of nitrogens with one attached hydrogen (secondary N) is 1. The van der Waals surface area contributed by atoms with Crippen LogP contribution >= 0.6 is 23.2 Å². The Morgan fingerprint density at radius 3 is 2.51 bits per heavy atom. The summed E-state index contributed by atoms with van der Waals surface area (Å²) in [6.07, 6.45) is 7.59. The van der Waals surface area contributed by atoms with Crippen LogP contribution in [-0.2, 0) is 6.54 Å². The number of anilines is 1. The lowest BCUT2D eigenvalue weighted by Crippen LogP contribution is -2.43. The highest BCUT2D eigenvalue weighted by molar-refractivity contribution is 6.32. The number of methoxy groups -OCH3 is 1. The van der Waals surface area contributed by atoms with Crippen molar-refractivity contribution in [1.29, 1.82) is 0 Å². The molecule has 8 nitrogen and oxygen atoms in total. The number of amides is 2. The summed E-state index contributed by atoms with van der Waals surface area (Å²) < 4.78 is 7.16. The van der Waals surface area contributed by atoms with E-state index in [1.54, 1.807) is 25.6 Å². The molecule has 0 unspecified atom stereocenters. The van der Waals surface area contributed by atoms with Crippen molar-refractivity contribution in [3.8, 4) is 28.5 Å². The monoisotopic (exact) mass is 564 g/mol. The Balaban J connectivity index is 1.43. The molecule has 39 heavy (non-hydrogen) atoms. The summed E-state index contributed by atoms with van der Waals surface area (Å²) in [5.41, 5.74) is 3.29. The summed E-state index contributed by atoms with van der Waals surface area (Å²) >= 11 is 12.7. The number of ether oxygens (including phenoxy) is 1. The molecular weight excluding hydrogens is 535 g/mol. The van der Waals surface area contributed by atoms with Gasteiger partial charge in [0.25, 0.3) is 0 Å². The number of rotatable bonds is 8. The molecule has 2 amide bonds. The van der Waals surface area contributed by atoms with Gasteiger partial charge in [0.2, 0.25) is 0 Å². The van der Waals surface area contributed by atoms with Gasteiger partial charge in [-0.1, -0.05) is 42.1 Å². The number of aryl methyl sites for hydroxylation is 1. The molecular formula is C29H30Cl2N6O2. The Labute approximate surface area is 237 Å². The first kappa shape index (κ1) is 27.0. The standard InChI is InChI=1S/C29H30Cl2N6O2/c1-19-7-9-22(18-24(19)30)33-29(38)36(23-5-3-4-6-23)15-16-37-28(21-8-10-26(39-2)25(31)17-21)34-27(35-37)20-11-13-32-14-12-20/h7-14,17-18,23H,3-6,15-16H2,1-2H3,(H,33,38). The van der Waals surface area contributed by atoms with Crippen molar-refractivity contribution in [2.75, 3.05) is 19.0 Å². The van der Waals surface area contributed by atoms with E-state index in [0.717, 1.165) is 42.4 Å². The Bertz CT molecular complexity index is 1450. The van der Waals surface area contributed by atoms with Crippen molar-refractivity contribution >= 4 is 34.9 Å². The summed E-state index contributed by atoms with van der Waals surface area (Å²) in [5.74, 6) is 1.81. The zero-order valence-electron chi connectivity index (χ0n) is 21.9. The van der Waals surface area contributed by atoms with Crippen LogP contribution in [0.4, 0.5) is 10.5 Å². The second-order valence-electron chi connectivity index (χ2n) is 9.59. The number of aromatic nitrogens is 4. The van der Waals surface area contributed by atoms with Crippen LogP contribution in [-0.4, -0.2) is 50.4 Å². The third kappa shape index (κ3) is 6.18. The fourth-order valence-corrected chi connectivity index (χ4v) is 5.31. The Morgan fingerprint density at radius 1 is 1.05 bits per heavy atom. The maximum Gasteiger partial charge on any atom is 0.322 e. The number of halogens is 2. The normalized spacial score (nSPS) is 13.4. The molecule has 0 radical (unpaired) electrons. The first-order valence-corrected chi connectivity index (χ1v) is 13.7. The molecule has 4 aromatic rings. The van der Waals surface area contributed by atoms with Gasteiger partial charge in [0.15, 0.2) is 11.6 Å². The molecule has 0 bridgehead atoms. The summed E-state index contributed by atoms with van der Waals surface area (Å²) in [5, 5.41) is 8.96. The number of nitrogens with zero attached hydrogens (tertiary/aromatic N) is 5. The predicted octanol–water partition coefficient (Wildman–Crippen LogP) is 7.11. The molecule has 0 aliphatic heterocycles. The number of carbonyl (C=O) groups is 1. The van der Waals surface area contributed by atoms with Gasteiger partial charge >= 0.3 is 6.03 Å². The number of carbonyl (C=O) groups excluding carboxylic acids is 1. The van der Waals surface area contributed by atoms with Gasteiger partial charge in [-0.15, -0.1) is 0 Å². The van der Waals surface area contributed by atoms with Crippen molar-refractivity contribution in [3.63, 3.8) is 0 Å². The molecule has 1 aliphatic rings. The van der Waals surface area contributed by atoms with E-state index in [-0.39, 0.29) is 12.1 Å². The first-order chi connectivity index (χ1) is 18.9. The van der Waals surface area contributed by atoms with Crippen molar-refractivity contribution in [3.05, 3.63) is 76.5 Å². The fourth-order valence-electron chi connectivity index (χ4n) is 4.87. The summed E-state index contributed by atoms with van der Waals surface area (Å²) in [6.45, 7) is 2.85. The van der Waals surface area contributed by atoms with Crippen LogP contribution in [0.25, 0.3) is 22.8 Å². The number of hydrogen-bond donors (Lipinski definition) is 1. The molecule has 1 aliphatic carbocycles. The van der Waals surface area contributed by atoms with Crippen molar-refractivity contribution in [1.82, 2.24) is 24.6 Å². The maximum atomic E-state index is 13.5. The van der Waals surface area contributed by atoms with Crippen molar-refractivity contribution in [2.45, 2.75) is 45.2 Å². The lowest BCUT2D eigenvalue weighted by atomic mass is 10.2. The van der Waals surface area contributed by atoms with E-state index in [0.29, 0.717) is 46.2 Å². The molecule has 1 saturated carbocycles. The second kappa shape index (κ2) is 12.1. The number of urea groups is 1. The highest BCUT2D eigenvalue weighted by atomic mass is 35.5. The Hall–Kier alpha value is -3.62. The lowest BCUT2D eigenvalue weighted by Gasteiger charge is -2.29. The average Bonchev–Trinajstić information content (AvgIpc) is 3.62. The van der Waals surface area contributed by atoms with Crippen LogP contribution in [0.1, 0.15) is 31.2 Å². The molecule has 1 fully saturated rings. The van der Waals surface area contributed by atoms with Gasteiger partial charge in [0, 0.05) is 46.8 Å². The van der Waals surface area contributed by atoms with Gasteiger partial charge in [0.1, 0.15) is 5.75 Å². The minimum Gasteiger partial charge on any atom is -0.495 e. The molecule has 202 valence electrons. The molecule has 1 N–H and O–H groups in total. The van der Waals surface area contributed by atoms with Crippen LogP contribution in [0.15, 0.2) is 60.9 Å². The van der Waals surface area contributed by atoms with Crippen molar-refractivity contribution in [2.24, 2.45) is 0 Å². The minimum atomic E-state index is -0.148. The Kier molecular flexibility index (Phi) is 8.33. The number of hydrogen-bond acceptors (Lipinski definition) is 5. The molecule has 2 aromatic heterocycles. The van der Waals surface area contributed by atoms with E-state index in [9.17, 15) is 4.79 Å². The van der Waals surface area contributed by atoms with E-state index in [1.165, 1.54) is 0 Å². The third-order valence-electron chi connectivity index (χ3n) is 7.02. The average molecular weight is 566 g/mol. The van der Waals surface area contributed by atoms with Gasteiger partial charge < -0.3 is 15.0 Å². The molecule has 10 heteroatoms. The Morgan fingerprint density at radius 2 is 1.82 bits per heavy atom. The van der Waals surface area contributed by atoms with Crippen LogP contribution in [0.5, 0.6) is 5.75 Å². The molecule has 5 rings (SSSR count). The number of pyridine rings is 1. The highest BCUT2D eigenvalue weighted by Gasteiger charge is 2.27. The van der Waals surface area contributed by atoms with Crippen LogP contribution in [0, 0.1) is 6.92 Å². The van der Waals surface area contributed by atoms with E-state index in [1.807, 2.05) is 59.0 Å². The topological polar surface area (TPSA) is 85.2 Å². The second-order valence-corrected chi connectivity index (χ2v) is 10.4. The zero-order chi connectivity index (χ0) is 27.4. The smallest absolute Gasteiger partial charge is 0.322 e. The lowest BCUT2D eigenvalue weighted by molar-refractivity contribution is 0.184. The predicted molar refractivity (Wildman–Crippen MR) is 154 cm³/mol. The van der Waals surface area contributed by atoms with Gasteiger partial charge in [-0.05, 0) is 67.8 Å². The first-order valence-electron chi connectivity index (χ1n) is 13.0. The molecule has 0 atom stereocenters. The van der Waals surface area contributed by atoms with Crippen LogP contribution in [0.2, 0.25) is 10.0 Å². The SMILES string of the molecule is COc1ccc(-c2nc(-c3ccncc3)nn2CCN(C(=O)Nc2ccc(C)c(Cl)c2)C2CCCC2)cc1Cl. The minimum absolute atomic E-state index is 0.148. The third-order valence-corrected chi connectivity index (χ3v) is 7.72. The molecule has 2 aromatic carbocycles. The summed E-state index contributed by atoms with van der Waals surface area (Å²) in [4.78, 5) is 24.4. The van der Waals surface area contributed by atoms with Crippen molar-refractivity contribution < 1.29 is 9.53 Å². The summed E-state index contributed by atoms with van der Waals surface area (Å²) in [7, 11) is 1.58. The van der Waals surface area contributed by atoms with Crippen LogP contribution < -0.4 is 10.1 Å². The maximum absolute atomic E-state index is 13.5. The van der Waals surface area contributed by atoms with Crippen LogP contribution in [0.3, 0.4) is 0 Å². The highest BCUT2D eigenvalue weighted by Crippen LogP contribution is 2.31. The van der Waals surface area contributed by atoms with Gasteiger partial charge in [-0.2, -0.15) is 5.10 Å². The molecule has 0 spiro atoms. The largest absolute Gasteiger partial charge is 0.495 e. The van der Waals surface area contributed by atoms with E-state index >= 15 is 0 Å². The molecule has 0 saturated heterocycles. The van der Waals surface area contributed by atoms with Gasteiger partial charge in [-0.3, -0.25) is 4.98 Å². The van der Waals surface area contributed by atoms with Gasteiger partial charge in [-0.25, -0.2) is 14.5 Å². The van der Waals surface area contributed by atoms with E-state index in [2.05, 4.69) is 10.3 Å². The van der Waals surface area contributed by atoms with Gasteiger partial charge in [0.05, 0.1) is 18.7 Å². The number of benzene rings is 2. The van der Waals surface area contributed by atoms with E-state index in [4.69, 9.17) is 38.0 Å². The zero-order valence-corrected chi connectivity index (χ0v) is 23.4. The molecule has 2 heterocycles. The van der Waals surface area contributed by atoms with E-state index < -0.39 is 0 Å².